The van der Waals surface area contributed by atoms with Crippen molar-refractivity contribution >= 4 is 15.9 Å². The van der Waals surface area contributed by atoms with E-state index >= 15 is 0 Å². The molecule has 5 heteroatoms. The normalized spacial score (nSPS) is 12.2. The molecular weight excluding hydrogens is 318 g/mol. The van der Waals surface area contributed by atoms with E-state index in [0.717, 1.165) is 27.8 Å². The van der Waals surface area contributed by atoms with Gasteiger partial charge in [0.25, 0.3) is 0 Å². The lowest BCUT2D eigenvalue weighted by Gasteiger charge is -2.17. The van der Waals surface area contributed by atoms with Crippen molar-refractivity contribution in [3.63, 3.8) is 0 Å². The van der Waals surface area contributed by atoms with Gasteiger partial charge in [-0.15, -0.1) is 0 Å². The van der Waals surface area contributed by atoms with Crippen molar-refractivity contribution in [3.8, 4) is 5.75 Å². The second-order valence-electron chi connectivity index (χ2n) is 4.44. The van der Waals surface area contributed by atoms with E-state index < -0.39 is 0 Å². The van der Waals surface area contributed by atoms with E-state index in [-0.39, 0.29) is 6.04 Å². The van der Waals surface area contributed by atoms with Crippen LogP contribution in [0, 0.1) is 0 Å². The maximum Gasteiger partial charge on any atom is 0.119 e. The molecule has 0 aliphatic rings. The number of hydrogen-bond donors (Lipinski definition) is 2. The summed E-state index contributed by atoms with van der Waals surface area (Å²) in [5.74, 6) is 6.55. The Morgan fingerprint density at radius 3 is 2.65 bits per heavy atom. The van der Waals surface area contributed by atoms with Crippen molar-refractivity contribution in [2.45, 2.75) is 19.4 Å². The number of benzene rings is 1. The Balaban J connectivity index is 2.11. The van der Waals surface area contributed by atoms with Crippen molar-refractivity contribution < 1.29 is 4.74 Å². The molecule has 0 spiro atoms. The molecule has 2 aromatic rings. The zero-order chi connectivity index (χ0) is 14.4. The number of nitrogens with zero attached hydrogens (tertiary/aromatic N) is 1. The van der Waals surface area contributed by atoms with E-state index in [1.165, 1.54) is 0 Å². The number of halogens is 1. The van der Waals surface area contributed by atoms with Gasteiger partial charge in [0.2, 0.25) is 0 Å². The summed E-state index contributed by atoms with van der Waals surface area (Å²) in [6, 6.07) is 10.1. The molecule has 20 heavy (non-hydrogen) atoms. The highest BCUT2D eigenvalue weighted by Gasteiger charge is 2.11. The Bertz CT molecular complexity index is 545. The molecule has 3 N–H and O–H groups in total. The summed E-state index contributed by atoms with van der Waals surface area (Å²) in [5.41, 5.74) is 5.10. The van der Waals surface area contributed by atoms with Crippen molar-refractivity contribution in [2.24, 2.45) is 5.84 Å². The van der Waals surface area contributed by atoms with Gasteiger partial charge in [0.1, 0.15) is 5.75 Å². The number of nitrogens with one attached hydrogen (secondary N) is 1. The summed E-state index contributed by atoms with van der Waals surface area (Å²) < 4.78 is 6.41. The molecule has 4 nitrogen and oxygen atoms in total. The molecule has 0 saturated carbocycles. The number of hydrogen-bond acceptors (Lipinski definition) is 4. The minimum atomic E-state index is 0.0433. The van der Waals surface area contributed by atoms with Crippen LogP contribution >= 0.6 is 15.9 Å². The third kappa shape index (κ3) is 4.03. The van der Waals surface area contributed by atoms with Gasteiger partial charge in [0, 0.05) is 16.9 Å². The average Bonchev–Trinajstić information content (AvgIpc) is 2.46. The molecular formula is C15H18BrN3O. The maximum absolute atomic E-state index is 5.67. The first-order chi connectivity index (χ1) is 9.72. The van der Waals surface area contributed by atoms with E-state index in [2.05, 4.69) is 26.3 Å². The molecule has 0 amide bonds. The lowest BCUT2D eigenvalue weighted by Crippen LogP contribution is -2.29. The van der Waals surface area contributed by atoms with E-state index in [1.54, 1.807) is 6.20 Å². The zero-order valence-electron chi connectivity index (χ0n) is 11.3. The summed E-state index contributed by atoms with van der Waals surface area (Å²) in [6.45, 7) is 2.64. The molecule has 2 rings (SSSR count). The molecule has 1 aromatic heterocycles. The van der Waals surface area contributed by atoms with Crippen LogP contribution in [-0.4, -0.2) is 11.6 Å². The summed E-state index contributed by atoms with van der Waals surface area (Å²) in [6.07, 6.45) is 4.39. The van der Waals surface area contributed by atoms with Gasteiger partial charge in [-0.2, -0.15) is 0 Å². The third-order valence-electron chi connectivity index (χ3n) is 3.00. The fourth-order valence-electron chi connectivity index (χ4n) is 2.04. The van der Waals surface area contributed by atoms with Crippen LogP contribution in [0.3, 0.4) is 0 Å². The van der Waals surface area contributed by atoms with Crippen LogP contribution in [0.4, 0.5) is 0 Å². The minimum absolute atomic E-state index is 0.0433. The Morgan fingerprint density at radius 1 is 1.30 bits per heavy atom. The van der Waals surface area contributed by atoms with Gasteiger partial charge in [0.15, 0.2) is 0 Å². The molecule has 1 atom stereocenters. The van der Waals surface area contributed by atoms with Gasteiger partial charge in [-0.25, -0.2) is 0 Å². The van der Waals surface area contributed by atoms with Crippen molar-refractivity contribution in [2.75, 3.05) is 6.61 Å². The first kappa shape index (κ1) is 15.0. The topological polar surface area (TPSA) is 60.2 Å². The molecule has 0 radical (unpaired) electrons. The van der Waals surface area contributed by atoms with Gasteiger partial charge in [-0.05, 0) is 58.6 Å². The van der Waals surface area contributed by atoms with E-state index in [4.69, 9.17) is 10.6 Å². The van der Waals surface area contributed by atoms with Gasteiger partial charge < -0.3 is 4.74 Å². The van der Waals surface area contributed by atoms with Crippen LogP contribution in [0.1, 0.15) is 24.1 Å². The van der Waals surface area contributed by atoms with Crippen LogP contribution in [0.2, 0.25) is 0 Å². The van der Waals surface area contributed by atoms with Crippen LogP contribution in [0.15, 0.2) is 47.2 Å². The fourth-order valence-corrected chi connectivity index (χ4v) is 2.45. The average molecular weight is 336 g/mol. The van der Waals surface area contributed by atoms with Gasteiger partial charge in [-0.1, -0.05) is 12.1 Å². The van der Waals surface area contributed by atoms with Gasteiger partial charge in [0.05, 0.1) is 12.6 Å². The van der Waals surface area contributed by atoms with Crippen molar-refractivity contribution in [1.29, 1.82) is 0 Å². The zero-order valence-corrected chi connectivity index (χ0v) is 12.9. The number of nitrogens with two attached hydrogens (primary N) is 1. The first-order valence-electron chi connectivity index (χ1n) is 6.51. The van der Waals surface area contributed by atoms with Gasteiger partial charge in [-0.3, -0.25) is 16.3 Å². The summed E-state index contributed by atoms with van der Waals surface area (Å²) >= 11 is 3.43. The van der Waals surface area contributed by atoms with Crippen LogP contribution in [-0.2, 0) is 6.42 Å². The Kier molecular flexibility index (Phi) is 5.52. The highest BCUT2D eigenvalue weighted by molar-refractivity contribution is 9.10. The summed E-state index contributed by atoms with van der Waals surface area (Å²) in [7, 11) is 0. The van der Waals surface area contributed by atoms with Crippen LogP contribution in [0.25, 0.3) is 0 Å². The summed E-state index contributed by atoms with van der Waals surface area (Å²) in [4.78, 5) is 4.17. The molecule has 0 bridgehead atoms. The molecule has 1 heterocycles. The van der Waals surface area contributed by atoms with Crippen LogP contribution in [0.5, 0.6) is 5.75 Å². The third-order valence-corrected chi connectivity index (χ3v) is 3.43. The summed E-state index contributed by atoms with van der Waals surface area (Å²) in [5, 5.41) is 0. The molecule has 0 saturated heterocycles. The number of ether oxygens (including phenoxy) is 1. The predicted molar refractivity (Wildman–Crippen MR) is 83.3 cm³/mol. The Hall–Kier alpha value is -1.43. The van der Waals surface area contributed by atoms with Crippen molar-refractivity contribution in [3.05, 3.63) is 58.3 Å². The number of aromatic nitrogens is 1. The Labute approximate surface area is 127 Å². The van der Waals surface area contributed by atoms with E-state index in [9.17, 15) is 0 Å². The van der Waals surface area contributed by atoms with Crippen molar-refractivity contribution in [1.82, 2.24) is 10.4 Å². The monoisotopic (exact) mass is 335 g/mol. The molecule has 106 valence electrons. The minimum Gasteiger partial charge on any atom is -0.494 e. The number of rotatable bonds is 6. The largest absolute Gasteiger partial charge is 0.494 e. The predicted octanol–water partition coefficient (Wildman–Crippen LogP) is 2.99. The Morgan fingerprint density at radius 2 is 2.05 bits per heavy atom. The molecule has 1 aromatic carbocycles. The highest BCUT2D eigenvalue weighted by Crippen LogP contribution is 2.21. The second-order valence-corrected chi connectivity index (χ2v) is 5.35. The molecule has 0 aliphatic heterocycles. The van der Waals surface area contributed by atoms with Crippen LogP contribution < -0.4 is 16.0 Å². The standard InChI is InChI=1S/C15H18BrN3O/c1-2-20-14-5-3-12(4-6-14)15(19-17)8-11-7-13(16)10-18-9-11/h3-7,9-10,15,19H,2,8,17H2,1H3. The molecule has 0 fully saturated rings. The molecule has 0 aliphatic carbocycles. The quantitative estimate of drug-likeness (QED) is 0.629. The fraction of sp³-hybridized carbons (Fsp3) is 0.267. The maximum atomic E-state index is 5.67. The second kappa shape index (κ2) is 7.38. The number of pyridine rings is 1. The van der Waals surface area contributed by atoms with E-state index in [0.29, 0.717) is 6.61 Å². The number of hydrazine groups is 1. The lowest BCUT2D eigenvalue weighted by molar-refractivity contribution is 0.340. The smallest absolute Gasteiger partial charge is 0.119 e. The SMILES string of the molecule is CCOc1ccc(C(Cc2cncc(Br)c2)NN)cc1. The first-order valence-corrected chi connectivity index (χ1v) is 7.30. The van der Waals surface area contributed by atoms with Gasteiger partial charge >= 0.3 is 0 Å². The van der Waals surface area contributed by atoms with E-state index in [1.807, 2.05) is 43.5 Å². The highest BCUT2D eigenvalue weighted by atomic mass is 79.9. The lowest BCUT2D eigenvalue weighted by atomic mass is 10.0. The molecule has 1 unspecified atom stereocenters.